The van der Waals surface area contributed by atoms with Crippen molar-refractivity contribution in [2.45, 2.75) is 27.2 Å². The van der Waals surface area contributed by atoms with Gasteiger partial charge in [0.25, 0.3) is 5.91 Å². The Kier molecular flexibility index (Phi) is 5.54. The van der Waals surface area contributed by atoms with Crippen LogP contribution in [-0.2, 0) is 6.42 Å². The van der Waals surface area contributed by atoms with Crippen LogP contribution < -0.4 is 16.2 Å². The summed E-state index contributed by atoms with van der Waals surface area (Å²) in [5.41, 5.74) is 9.76. The molecule has 3 rings (SSSR count). The molecule has 6 heteroatoms. The van der Waals surface area contributed by atoms with Crippen LogP contribution in [0.4, 0.5) is 5.69 Å². The number of benzene rings is 2. The van der Waals surface area contributed by atoms with Crippen molar-refractivity contribution < 1.29 is 4.79 Å². The summed E-state index contributed by atoms with van der Waals surface area (Å²) in [6.07, 6.45) is 0.903. The number of carbonyl (C=O) groups is 1. The minimum atomic E-state index is -0.187. The van der Waals surface area contributed by atoms with Gasteiger partial charge >= 0.3 is 0 Å². The molecule has 0 aliphatic rings. The minimum absolute atomic E-state index is 0.187. The van der Waals surface area contributed by atoms with E-state index in [9.17, 15) is 4.79 Å². The number of rotatable bonds is 3. The molecule has 0 aliphatic carbocycles. The van der Waals surface area contributed by atoms with E-state index in [2.05, 4.69) is 29.2 Å². The van der Waals surface area contributed by atoms with Crippen molar-refractivity contribution in [1.82, 2.24) is 10.9 Å². The Morgan fingerprint density at radius 3 is 2.58 bits per heavy atom. The summed E-state index contributed by atoms with van der Waals surface area (Å²) in [5.74, 6) is -0.187. The summed E-state index contributed by atoms with van der Waals surface area (Å²) in [7, 11) is 0. The average Bonchev–Trinajstić information content (AvgIpc) is 2.98. The van der Waals surface area contributed by atoms with Gasteiger partial charge in [-0.05, 0) is 60.6 Å². The first kappa shape index (κ1) is 18.4. The van der Waals surface area contributed by atoms with Crippen molar-refractivity contribution in [3.63, 3.8) is 0 Å². The van der Waals surface area contributed by atoms with Crippen LogP contribution in [0.5, 0.6) is 0 Å². The van der Waals surface area contributed by atoms with Gasteiger partial charge in [-0.1, -0.05) is 43.3 Å². The molecule has 0 radical (unpaired) electrons. The van der Waals surface area contributed by atoms with Gasteiger partial charge in [0, 0.05) is 10.4 Å². The highest BCUT2D eigenvalue weighted by Crippen LogP contribution is 2.30. The van der Waals surface area contributed by atoms with Crippen molar-refractivity contribution in [2.24, 2.45) is 0 Å². The highest BCUT2D eigenvalue weighted by molar-refractivity contribution is 7.80. The standard InChI is InChI=1S/C20H21N3OS2/c1-4-14-9-7-8-12(2)17(14)21-20(25)23-22-19(24)18-13(3)15-10-5-6-11-16(15)26-18/h5-11H,4H2,1-3H3,(H,22,24)(H2,21,23,25). The number of thiophene rings is 1. The molecule has 134 valence electrons. The molecule has 0 spiro atoms. The molecular formula is C20H21N3OS2. The first-order valence-corrected chi connectivity index (χ1v) is 9.67. The van der Waals surface area contributed by atoms with Crippen LogP contribution in [0.25, 0.3) is 10.1 Å². The van der Waals surface area contributed by atoms with Crippen molar-refractivity contribution in [3.05, 3.63) is 64.0 Å². The molecule has 3 N–H and O–H groups in total. The van der Waals surface area contributed by atoms with Gasteiger partial charge in [0.2, 0.25) is 0 Å². The maximum Gasteiger partial charge on any atom is 0.280 e. The summed E-state index contributed by atoms with van der Waals surface area (Å²) in [6, 6.07) is 14.1. The fourth-order valence-corrected chi connectivity index (χ4v) is 4.17. The SMILES string of the molecule is CCc1cccc(C)c1NC(=S)NNC(=O)c1sc2ccccc2c1C. The van der Waals surface area contributed by atoms with E-state index in [1.54, 1.807) is 0 Å². The number of anilines is 1. The Morgan fingerprint density at radius 2 is 1.85 bits per heavy atom. The molecule has 0 saturated heterocycles. The lowest BCUT2D eigenvalue weighted by Gasteiger charge is -2.16. The van der Waals surface area contributed by atoms with Gasteiger partial charge in [-0.3, -0.25) is 15.6 Å². The van der Waals surface area contributed by atoms with Crippen LogP contribution in [0.2, 0.25) is 0 Å². The first-order chi connectivity index (χ1) is 12.5. The number of para-hydroxylation sites is 1. The van der Waals surface area contributed by atoms with E-state index in [4.69, 9.17) is 12.2 Å². The number of amides is 1. The Balaban J connectivity index is 1.68. The lowest BCUT2D eigenvalue weighted by molar-refractivity contribution is 0.0948. The molecule has 0 saturated carbocycles. The third-order valence-electron chi connectivity index (χ3n) is 4.32. The average molecular weight is 384 g/mol. The molecule has 3 aromatic rings. The molecule has 0 unspecified atom stereocenters. The van der Waals surface area contributed by atoms with Crippen molar-refractivity contribution in [3.8, 4) is 0 Å². The smallest absolute Gasteiger partial charge is 0.280 e. The summed E-state index contributed by atoms with van der Waals surface area (Å²) in [5, 5.41) is 4.66. The van der Waals surface area contributed by atoms with E-state index in [1.807, 2.05) is 50.2 Å². The second-order valence-electron chi connectivity index (χ2n) is 6.05. The van der Waals surface area contributed by atoms with Crippen molar-refractivity contribution in [2.75, 3.05) is 5.32 Å². The molecule has 2 aromatic carbocycles. The number of carbonyl (C=O) groups excluding carboxylic acids is 1. The third kappa shape index (κ3) is 3.71. The number of hydrazine groups is 1. The lowest BCUT2D eigenvalue weighted by Crippen LogP contribution is -2.43. The molecule has 4 nitrogen and oxygen atoms in total. The summed E-state index contributed by atoms with van der Waals surface area (Å²) in [4.78, 5) is 13.2. The predicted molar refractivity (Wildman–Crippen MR) is 114 cm³/mol. The maximum atomic E-state index is 12.5. The van der Waals surface area contributed by atoms with Crippen LogP contribution in [0.3, 0.4) is 0 Å². The van der Waals surface area contributed by atoms with E-state index in [0.717, 1.165) is 33.3 Å². The molecule has 26 heavy (non-hydrogen) atoms. The molecule has 0 aliphatic heterocycles. The molecular weight excluding hydrogens is 362 g/mol. The van der Waals surface area contributed by atoms with Crippen LogP contribution in [-0.4, -0.2) is 11.0 Å². The zero-order valence-corrected chi connectivity index (χ0v) is 16.6. The lowest BCUT2D eigenvalue weighted by atomic mass is 10.1. The first-order valence-electron chi connectivity index (χ1n) is 8.45. The molecule has 1 aromatic heterocycles. The molecule has 1 heterocycles. The highest BCUT2D eigenvalue weighted by atomic mass is 32.1. The van der Waals surface area contributed by atoms with Gasteiger partial charge < -0.3 is 5.32 Å². The second-order valence-corrected chi connectivity index (χ2v) is 7.51. The van der Waals surface area contributed by atoms with Gasteiger partial charge in [-0.2, -0.15) is 0 Å². The van der Waals surface area contributed by atoms with E-state index in [1.165, 1.54) is 16.9 Å². The quantitative estimate of drug-likeness (QED) is 0.453. The summed E-state index contributed by atoms with van der Waals surface area (Å²) in [6.45, 7) is 6.09. The fourth-order valence-electron chi connectivity index (χ4n) is 2.91. The molecule has 0 bridgehead atoms. The third-order valence-corrected chi connectivity index (χ3v) is 5.79. The Labute approximate surface area is 162 Å². The van der Waals surface area contributed by atoms with Crippen LogP contribution in [0.15, 0.2) is 42.5 Å². The molecule has 0 atom stereocenters. The Hall–Kier alpha value is -2.44. The van der Waals surface area contributed by atoms with Crippen LogP contribution >= 0.6 is 23.6 Å². The fraction of sp³-hybridized carbons (Fsp3) is 0.200. The van der Waals surface area contributed by atoms with E-state index in [-0.39, 0.29) is 5.91 Å². The zero-order chi connectivity index (χ0) is 18.7. The number of hydrogen-bond donors (Lipinski definition) is 3. The second kappa shape index (κ2) is 7.85. The molecule has 1 amide bonds. The monoisotopic (exact) mass is 383 g/mol. The number of nitrogens with one attached hydrogen (secondary N) is 3. The van der Waals surface area contributed by atoms with E-state index >= 15 is 0 Å². The normalized spacial score (nSPS) is 10.6. The Bertz CT molecular complexity index is 978. The number of aryl methyl sites for hydroxylation is 3. The Morgan fingerprint density at radius 1 is 1.08 bits per heavy atom. The van der Waals surface area contributed by atoms with E-state index < -0.39 is 0 Å². The van der Waals surface area contributed by atoms with Gasteiger partial charge in [0.1, 0.15) is 0 Å². The summed E-state index contributed by atoms with van der Waals surface area (Å²) >= 11 is 6.82. The topological polar surface area (TPSA) is 53.2 Å². The minimum Gasteiger partial charge on any atom is -0.331 e. The van der Waals surface area contributed by atoms with E-state index in [0.29, 0.717) is 9.99 Å². The van der Waals surface area contributed by atoms with Crippen LogP contribution in [0.1, 0.15) is 33.3 Å². The molecule has 0 fully saturated rings. The number of thiocarbonyl (C=S) groups is 1. The van der Waals surface area contributed by atoms with Gasteiger partial charge in [0.15, 0.2) is 5.11 Å². The number of fused-ring (bicyclic) bond motifs is 1. The zero-order valence-electron chi connectivity index (χ0n) is 15.0. The number of hydrogen-bond acceptors (Lipinski definition) is 3. The van der Waals surface area contributed by atoms with Gasteiger partial charge in [-0.25, -0.2) is 0 Å². The van der Waals surface area contributed by atoms with Crippen LogP contribution in [0, 0.1) is 13.8 Å². The highest BCUT2D eigenvalue weighted by Gasteiger charge is 2.15. The predicted octanol–water partition coefficient (Wildman–Crippen LogP) is 4.71. The van der Waals surface area contributed by atoms with Crippen molar-refractivity contribution >= 4 is 50.3 Å². The van der Waals surface area contributed by atoms with Crippen molar-refractivity contribution in [1.29, 1.82) is 0 Å². The summed E-state index contributed by atoms with van der Waals surface area (Å²) < 4.78 is 1.10. The van der Waals surface area contributed by atoms with Gasteiger partial charge in [-0.15, -0.1) is 11.3 Å². The van der Waals surface area contributed by atoms with Gasteiger partial charge in [0.05, 0.1) is 4.88 Å². The largest absolute Gasteiger partial charge is 0.331 e. The maximum absolute atomic E-state index is 12.5.